The number of ether oxygens (including phenoxy) is 1. The fourth-order valence-corrected chi connectivity index (χ4v) is 7.91. The molecular weight excluding hydrogens is 468 g/mol. The molecule has 0 saturated heterocycles. The molecule has 10 heteroatoms. The van der Waals surface area contributed by atoms with E-state index in [9.17, 15) is 18.0 Å². The summed E-state index contributed by atoms with van der Waals surface area (Å²) in [5.74, 6) is -0.758. The number of amides is 1. The SMILES string of the molecule is COC(=O)c1c(S(=O)(=O)NC2CCCC2)sc2c1CCN(C(=O)c1ccc(SC)cc1)C2. The van der Waals surface area contributed by atoms with Crippen molar-refractivity contribution in [2.45, 2.75) is 53.8 Å². The molecule has 0 atom stereocenters. The number of nitrogens with zero attached hydrogens (tertiary/aromatic N) is 1. The first-order valence-electron chi connectivity index (χ1n) is 10.5. The Morgan fingerprint density at radius 3 is 2.50 bits per heavy atom. The van der Waals surface area contributed by atoms with Crippen molar-refractivity contribution in [3.8, 4) is 0 Å². The molecule has 0 radical (unpaired) electrons. The van der Waals surface area contributed by atoms with Gasteiger partial charge in [-0.2, -0.15) is 0 Å². The van der Waals surface area contributed by atoms with E-state index in [1.54, 1.807) is 28.8 Å². The number of carbonyl (C=O) groups excluding carboxylic acids is 2. The summed E-state index contributed by atoms with van der Waals surface area (Å²) in [4.78, 5) is 29.1. The van der Waals surface area contributed by atoms with Crippen molar-refractivity contribution in [1.82, 2.24) is 9.62 Å². The van der Waals surface area contributed by atoms with E-state index < -0.39 is 16.0 Å². The number of sulfonamides is 1. The fourth-order valence-electron chi connectivity index (χ4n) is 4.28. The second kappa shape index (κ2) is 9.54. The van der Waals surface area contributed by atoms with Gasteiger partial charge in [0, 0.05) is 27.9 Å². The molecule has 1 amide bonds. The lowest BCUT2D eigenvalue weighted by Gasteiger charge is -2.27. The summed E-state index contributed by atoms with van der Waals surface area (Å²) in [5.41, 5.74) is 1.39. The van der Waals surface area contributed by atoms with Gasteiger partial charge in [-0.1, -0.05) is 12.8 Å². The molecule has 0 bridgehead atoms. The fraction of sp³-hybridized carbons (Fsp3) is 0.455. The summed E-state index contributed by atoms with van der Waals surface area (Å²) in [6, 6.07) is 7.32. The molecule has 1 saturated carbocycles. The maximum atomic E-state index is 13.2. The molecule has 4 rings (SSSR count). The molecule has 1 aliphatic carbocycles. The van der Waals surface area contributed by atoms with Crippen molar-refractivity contribution in [3.63, 3.8) is 0 Å². The van der Waals surface area contributed by atoms with Crippen LogP contribution in [0.4, 0.5) is 0 Å². The number of hydrogen-bond donors (Lipinski definition) is 1. The van der Waals surface area contributed by atoms with Gasteiger partial charge in [0.1, 0.15) is 4.21 Å². The molecule has 1 aliphatic heterocycles. The number of thioether (sulfide) groups is 1. The van der Waals surface area contributed by atoms with Crippen LogP contribution in [0.5, 0.6) is 0 Å². The van der Waals surface area contributed by atoms with Gasteiger partial charge in [-0.25, -0.2) is 17.9 Å². The lowest BCUT2D eigenvalue weighted by Crippen LogP contribution is -2.35. The third kappa shape index (κ3) is 4.59. The summed E-state index contributed by atoms with van der Waals surface area (Å²) < 4.78 is 34.0. The number of rotatable bonds is 6. The third-order valence-corrected chi connectivity index (χ3v) is 9.96. The van der Waals surface area contributed by atoms with Crippen LogP contribution >= 0.6 is 23.1 Å². The quantitative estimate of drug-likeness (QED) is 0.487. The van der Waals surface area contributed by atoms with Crippen molar-refractivity contribution >= 4 is 45.0 Å². The van der Waals surface area contributed by atoms with Crippen LogP contribution in [0.2, 0.25) is 0 Å². The lowest BCUT2D eigenvalue weighted by atomic mass is 10.0. The maximum absolute atomic E-state index is 13.2. The van der Waals surface area contributed by atoms with Gasteiger partial charge >= 0.3 is 5.97 Å². The Hall–Kier alpha value is -1.88. The molecule has 1 aromatic heterocycles. The van der Waals surface area contributed by atoms with Gasteiger partial charge in [0.15, 0.2) is 0 Å². The Kier molecular flexibility index (Phi) is 6.94. The number of fused-ring (bicyclic) bond motifs is 1. The minimum atomic E-state index is -3.86. The van der Waals surface area contributed by atoms with Crippen molar-refractivity contribution in [2.75, 3.05) is 19.9 Å². The van der Waals surface area contributed by atoms with Crippen LogP contribution in [-0.4, -0.2) is 51.1 Å². The van der Waals surface area contributed by atoms with Crippen LogP contribution in [0.15, 0.2) is 33.4 Å². The Morgan fingerprint density at radius 1 is 1.19 bits per heavy atom. The molecule has 2 aliphatic rings. The Morgan fingerprint density at radius 2 is 1.88 bits per heavy atom. The zero-order chi connectivity index (χ0) is 22.9. The van der Waals surface area contributed by atoms with Gasteiger partial charge in [0.05, 0.1) is 19.2 Å². The highest BCUT2D eigenvalue weighted by Gasteiger charge is 2.36. The Labute approximate surface area is 196 Å². The largest absolute Gasteiger partial charge is 0.465 e. The second-order valence-corrected chi connectivity index (χ2v) is 11.9. The normalized spacial score (nSPS) is 16.8. The van der Waals surface area contributed by atoms with Gasteiger partial charge in [-0.05, 0) is 55.3 Å². The van der Waals surface area contributed by atoms with E-state index in [0.717, 1.165) is 46.8 Å². The van der Waals surface area contributed by atoms with Crippen LogP contribution in [0, 0.1) is 0 Å². The third-order valence-electron chi connectivity index (χ3n) is 5.96. The highest BCUT2D eigenvalue weighted by Crippen LogP contribution is 2.37. The van der Waals surface area contributed by atoms with Crippen molar-refractivity contribution in [1.29, 1.82) is 0 Å². The number of methoxy groups -OCH3 is 1. The molecule has 172 valence electrons. The summed E-state index contributed by atoms with van der Waals surface area (Å²) in [6.07, 6.45) is 5.97. The highest BCUT2D eigenvalue weighted by atomic mass is 32.2. The molecule has 1 N–H and O–H groups in total. The minimum absolute atomic E-state index is 0.000118. The minimum Gasteiger partial charge on any atom is -0.465 e. The van der Waals surface area contributed by atoms with Crippen molar-refractivity contribution in [2.24, 2.45) is 0 Å². The van der Waals surface area contributed by atoms with Crippen molar-refractivity contribution < 1.29 is 22.7 Å². The van der Waals surface area contributed by atoms with E-state index in [4.69, 9.17) is 4.74 Å². The number of thiophene rings is 1. The number of hydrogen-bond acceptors (Lipinski definition) is 7. The molecule has 7 nitrogen and oxygen atoms in total. The maximum Gasteiger partial charge on any atom is 0.340 e. The highest BCUT2D eigenvalue weighted by molar-refractivity contribution is 7.98. The van der Waals surface area contributed by atoms with Gasteiger partial charge in [0.25, 0.3) is 15.9 Å². The monoisotopic (exact) mass is 494 g/mol. The van der Waals surface area contributed by atoms with E-state index in [1.165, 1.54) is 7.11 Å². The predicted molar refractivity (Wildman–Crippen MR) is 125 cm³/mol. The molecule has 32 heavy (non-hydrogen) atoms. The van der Waals surface area contributed by atoms with Crippen LogP contribution in [0.25, 0.3) is 0 Å². The van der Waals surface area contributed by atoms with E-state index >= 15 is 0 Å². The number of nitrogens with one attached hydrogen (secondary N) is 1. The van der Waals surface area contributed by atoms with Crippen LogP contribution in [0.1, 0.15) is 56.8 Å². The van der Waals surface area contributed by atoms with Crippen LogP contribution in [-0.2, 0) is 27.7 Å². The van der Waals surface area contributed by atoms with E-state index in [2.05, 4.69) is 4.72 Å². The first kappa shape index (κ1) is 23.3. The zero-order valence-corrected chi connectivity index (χ0v) is 20.5. The smallest absolute Gasteiger partial charge is 0.340 e. The van der Waals surface area contributed by atoms with E-state index in [0.29, 0.717) is 24.1 Å². The van der Waals surface area contributed by atoms with Crippen molar-refractivity contribution in [3.05, 3.63) is 45.8 Å². The molecule has 1 aromatic carbocycles. The molecular formula is C22H26N2O5S3. The molecule has 2 heterocycles. The van der Waals surface area contributed by atoms with Gasteiger partial charge in [-0.15, -0.1) is 23.1 Å². The second-order valence-electron chi connectivity index (χ2n) is 7.97. The summed E-state index contributed by atoms with van der Waals surface area (Å²) in [5, 5.41) is 0. The number of esters is 1. The number of benzene rings is 1. The summed E-state index contributed by atoms with van der Waals surface area (Å²) in [6.45, 7) is 0.679. The average molecular weight is 495 g/mol. The predicted octanol–water partition coefficient (Wildman–Crippen LogP) is 3.68. The van der Waals surface area contributed by atoms with E-state index in [-0.39, 0.29) is 28.3 Å². The molecule has 0 spiro atoms. The summed E-state index contributed by atoms with van der Waals surface area (Å²) in [7, 11) is -2.61. The lowest BCUT2D eigenvalue weighted by molar-refractivity contribution is 0.0595. The molecule has 1 fully saturated rings. The Bertz CT molecular complexity index is 1120. The van der Waals surface area contributed by atoms with E-state index in [1.807, 2.05) is 18.4 Å². The zero-order valence-electron chi connectivity index (χ0n) is 18.0. The molecule has 2 aromatic rings. The standard InChI is InChI=1S/C22H26N2O5S3/c1-29-21(26)19-17-11-12-24(20(25)14-7-9-16(30-2)10-8-14)13-18(17)31-22(19)32(27,28)23-15-5-3-4-6-15/h7-10,15,23H,3-6,11-13H2,1-2H3. The van der Waals surface area contributed by atoms with Crippen LogP contribution in [0.3, 0.4) is 0 Å². The van der Waals surface area contributed by atoms with Crippen LogP contribution < -0.4 is 4.72 Å². The Balaban J connectivity index is 1.63. The molecule has 0 unspecified atom stereocenters. The first-order chi connectivity index (χ1) is 15.3. The van der Waals surface area contributed by atoms with Gasteiger partial charge in [0.2, 0.25) is 0 Å². The van der Waals surface area contributed by atoms with Gasteiger partial charge in [-0.3, -0.25) is 4.79 Å². The average Bonchev–Trinajstić information content (AvgIpc) is 3.45. The topological polar surface area (TPSA) is 92.8 Å². The summed E-state index contributed by atoms with van der Waals surface area (Å²) >= 11 is 2.68. The van der Waals surface area contributed by atoms with Gasteiger partial charge < -0.3 is 9.64 Å². The first-order valence-corrected chi connectivity index (χ1v) is 14.0. The number of carbonyl (C=O) groups is 2.